The fraction of sp³-hybridized carbons (Fsp3) is 0.600. The van der Waals surface area contributed by atoms with Crippen molar-refractivity contribution in [3.63, 3.8) is 0 Å². The second-order valence-electron chi connectivity index (χ2n) is 11.9. The Labute approximate surface area is 225 Å². The first kappa shape index (κ1) is 25.3. The number of hydrogen-bond acceptors (Lipinski definition) is 5. The van der Waals surface area contributed by atoms with Gasteiger partial charge in [0.05, 0.1) is 28.8 Å². The van der Waals surface area contributed by atoms with E-state index in [4.69, 9.17) is 11.6 Å². The average molecular weight is 514 g/mol. The molecular formula is C30H39N7O. The number of H-pyrrole nitrogens is 1. The van der Waals surface area contributed by atoms with E-state index in [1.54, 1.807) is 0 Å². The van der Waals surface area contributed by atoms with Crippen LogP contribution in [-0.2, 0) is 5.54 Å². The predicted molar refractivity (Wildman–Crippen MR) is 149 cm³/mol. The molecular weight excluding hydrogens is 474 g/mol. The van der Waals surface area contributed by atoms with Gasteiger partial charge in [-0.15, -0.1) is 0 Å². The normalized spacial score (nSPS) is 23.3. The van der Waals surface area contributed by atoms with Gasteiger partial charge in [0.1, 0.15) is 0 Å². The smallest absolute Gasteiger partial charge is 0.314 e. The first-order chi connectivity index (χ1) is 18.5. The standard InChI is InChI=1S/C30H39N7O/c1-31-25-21-32-27(35-25)28(38)33-23-7-8-24(30(13-5-6-14-30)37-19-17-36(2)18-20-37)34-26(23)22-9-15-29(16-10-22)11-3-4-12-29/h7-9,21H,3-6,10-20H2,2H3,(H,32,35)(H,33,38). The van der Waals surface area contributed by atoms with Gasteiger partial charge in [0.15, 0.2) is 0 Å². The molecule has 2 saturated carbocycles. The number of piperazine rings is 1. The van der Waals surface area contributed by atoms with Gasteiger partial charge in [0.25, 0.3) is 5.82 Å². The van der Waals surface area contributed by atoms with E-state index in [0.717, 1.165) is 68.9 Å². The third kappa shape index (κ3) is 4.67. The summed E-state index contributed by atoms with van der Waals surface area (Å²) < 4.78 is 0. The van der Waals surface area contributed by atoms with Gasteiger partial charge in [-0.05, 0) is 75.1 Å². The lowest BCUT2D eigenvalue weighted by molar-refractivity contribution is 0.0377. The van der Waals surface area contributed by atoms with E-state index in [-0.39, 0.29) is 23.1 Å². The number of anilines is 1. The summed E-state index contributed by atoms with van der Waals surface area (Å²) in [5, 5.41) is 3.08. The Morgan fingerprint density at radius 2 is 1.79 bits per heavy atom. The molecule has 1 spiro atoms. The molecule has 0 unspecified atom stereocenters. The largest absolute Gasteiger partial charge is 0.363 e. The number of rotatable bonds is 5. The second-order valence-corrected chi connectivity index (χ2v) is 11.9. The second kappa shape index (κ2) is 10.3. The third-order valence-corrected chi connectivity index (χ3v) is 9.73. The summed E-state index contributed by atoms with van der Waals surface area (Å²) in [6.07, 6.45) is 17.2. The molecule has 200 valence electrons. The minimum absolute atomic E-state index is 0.0218. The summed E-state index contributed by atoms with van der Waals surface area (Å²) in [5.74, 6) is 0.0725. The summed E-state index contributed by atoms with van der Waals surface area (Å²) in [7, 11) is 2.21. The van der Waals surface area contributed by atoms with E-state index < -0.39 is 0 Å². The van der Waals surface area contributed by atoms with Gasteiger partial charge in [-0.2, -0.15) is 0 Å². The highest BCUT2D eigenvalue weighted by atomic mass is 16.2. The van der Waals surface area contributed by atoms with Gasteiger partial charge in [-0.1, -0.05) is 38.3 Å². The third-order valence-electron chi connectivity index (χ3n) is 9.73. The molecule has 2 N–H and O–H groups in total. The summed E-state index contributed by atoms with van der Waals surface area (Å²) in [6, 6.07) is 4.21. The van der Waals surface area contributed by atoms with Crippen molar-refractivity contribution in [3.8, 4) is 0 Å². The van der Waals surface area contributed by atoms with Crippen molar-refractivity contribution in [2.75, 3.05) is 38.5 Å². The topological polar surface area (TPSA) is 81.5 Å². The van der Waals surface area contributed by atoms with Crippen LogP contribution < -0.4 is 5.32 Å². The maximum Gasteiger partial charge on any atom is 0.314 e. The van der Waals surface area contributed by atoms with Gasteiger partial charge in [0.2, 0.25) is 5.82 Å². The van der Waals surface area contributed by atoms with Crippen LogP contribution in [0.1, 0.15) is 92.6 Å². The number of pyridine rings is 1. The van der Waals surface area contributed by atoms with Crippen LogP contribution in [0.2, 0.25) is 0 Å². The minimum atomic E-state index is -0.339. The number of nitrogens with one attached hydrogen (secondary N) is 2. The first-order valence-electron chi connectivity index (χ1n) is 14.4. The number of hydrogen-bond donors (Lipinski definition) is 2. The number of aromatic nitrogens is 3. The fourth-order valence-electron chi connectivity index (χ4n) is 7.40. The monoisotopic (exact) mass is 513 g/mol. The number of aromatic amines is 1. The predicted octanol–water partition coefficient (Wildman–Crippen LogP) is 5.75. The van der Waals surface area contributed by atoms with Crippen molar-refractivity contribution >= 4 is 23.0 Å². The van der Waals surface area contributed by atoms with Gasteiger partial charge >= 0.3 is 5.91 Å². The first-order valence-corrected chi connectivity index (χ1v) is 14.4. The van der Waals surface area contributed by atoms with Gasteiger partial charge < -0.3 is 15.1 Å². The Bertz CT molecular complexity index is 1250. The molecule has 3 fully saturated rings. The molecule has 4 aliphatic rings. The highest BCUT2D eigenvalue weighted by molar-refractivity contribution is 6.03. The lowest BCUT2D eigenvalue weighted by Gasteiger charge is -2.45. The lowest BCUT2D eigenvalue weighted by Crippen LogP contribution is -2.54. The number of carbonyl (C=O) groups is 1. The van der Waals surface area contributed by atoms with Gasteiger partial charge in [-0.3, -0.25) is 14.7 Å². The Morgan fingerprint density at radius 3 is 2.45 bits per heavy atom. The van der Waals surface area contributed by atoms with E-state index in [2.05, 4.69) is 55.2 Å². The highest BCUT2D eigenvalue weighted by Crippen LogP contribution is 2.50. The number of likely N-dealkylation sites (N-methyl/N-ethyl adjacent to an activating group) is 1. The van der Waals surface area contributed by atoms with Crippen molar-refractivity contribution < 1.29 is 4.79 Å². The van der Waals surface area contributed by atoms with Gasteiger partial charge in [-0.25, -0.2) is 9.97 Å². The molecule has 1 saturated heterocycles. The van der Waals surface area contributed by atoms with Crippen molar-refractivity contribution in [1.29, 1.82) is 0 Å². The van der Waals surface area contributed by atoms with Crippen molar-refractivity contribution in [2.24, 2.45) is 5.41 Å². The zero-order valence-electron chi connectivity index (χ0n) is 22.6. The lowest BCUT2D eigenvalue weighted by atomic mass is 9.73. The molecule has 6 rings (SSSR count). The number of amides is 1. The Hall–Kier alpha value is -3.02. The summed E-state index contributed by atoms with van der Waals surface area (Å²) >= 11 is 0. The quantitative estimate of drug-likeness (QED) is 0.498. The zero-order valence-corrected chi connectivity index (χ0v) is 22.6. The van der Waals surface area contributed by atoms with Crippen molar-refractivity contribution in [3.05, 3.63) is 53.0 Å². The Balaban J connectivity index is 1.36. The molecule has 0 bridgehead atoms. The Morgan fingerprint density at radius 1 is 1.05 bits per heavy atom. The van der Waals surface area contributed by atoms with E-state index in [9.17, 15) is 4.79 Å². The molecule has 38 heavy (non-hydrogen) atoms. The van der Waals surface area contributed by atoms with Gasteiger partial charge in [0, 0.05) is 26.2 Å². The van der Waals surface area contributed by atoms with Crippen LogP contribution in [0.15, 0.2) is 24.4 Å². The molecule has 0 aromatic carbocycles. The maximum atomic E-state index is 13.1. The molecule has 1 aliphatic heterocycles. The van der Waals surface area contributed by atoms with Crippen LogP contribution in [0, 0.1) is 12.0 Å². The summed E-state index contributed by atoms with van der Waals surface area (Å²) in [4.78, 5) is 33.9. The van der Waals surface area contributed by atoms with Crippen LogP contribution >= 0.6 is 0 Å². The fourth-order valence-corrected chi connectivity index (χ4v) is 7.40. The van der Waals surface area contributed by atoms with Crippen LogP contribution in [0.3, 0.4) is 0 Å². The number of allylic oxidation sites excluding steroid dienone is 2. The summed E-state index contributed by atoms with van der Waals surface area (Å²) in [5.41, 5.74) is 4.52. The molecule has 3 aliphatic carbocycles. The van der Waals surface area contributed by atoms with E-state index in [1.165, 1.54) is 56.7 Å². The number of imidazole rings is 1. The van der Waals surface area contributed by atoms with Crippen molar-refractivity contribution in [1.82, 2.24) is 24.8 Å². The van der Waals surface area contributed by atoms with Crippen LogP contribution in [0.4, 0.5) is 11.5 Å². The molecule has 3 heterocycles. The molecule has 2 aromatic rings. The minimum Gasteiger partial charge on any atom is -0.363 e. The van der Waals surface area contributed by atoms with Crippen LogP contribution in [0.5, 0.6) is 0 Å². The Kier molecular flexibility index (Phi) is 6.83. The molecule has 2 aromatic heterocycles. The highest BCUT2D eigenvalue weighted by Gasteiger charge is 2.44. The molecule has 0 radical (unpaired) electrons. The number of carbonyl (C=O) groups excluding carboxylic acids is 1. The number of nitrogens with zero attached hydrogens (tertiary/aromatic N) is 5. The maximum absolute atomic E-state index is 13.1. The zero-order chi connectivity index (χ0) is 26.2. The van der Waals surface area contributed by atoms with Crippen molar-refractivity contribution in [2.45, 2.75) is 76.2 Å². The van der Waals surface area contributed by atoms with Crippen LogP contribution in [0.25, 0.3) is 10.4 Å². The SMILES string of the molecule is [C-]#[N+]c1cnc(C(=O)Nc2ccc(C3(N4CCN(C)CC4)CCCC3)nc2C2=CCC3(CCCC3)CC2)[nH]1. The summed E-state index contributed by atoms with van der Waals surface area (Å²) in [6.45, 7) is 11.5. The van der Waals surface area contributed by atoms with E-state index >= 15 is 0 Å². The molecule has 8 heteroatoms. The molecule has 8 nitrogen and oxygen atoms in total. The van der Waals surface area contributed by atoms with Crippen LogP contribution in [-0.4, -0.2) is 63.9 Å². The van der Waals surface area contributed by atoms with E-state index in [0.29, 0.717) is 5.41 Å². The average Bonchev–Trinajstić information content (AvgIpc) is 3.72. The van der Waals surface area contributed by atoms with E-state index in [1.807, 2.05) is 0 Å². The molecule has 1 amide bonds. The molecule has 0 atom stereocenters.